The van der Waals surface area contributed by atoms with Crippen LogP contribution in [0.2, 0.25) is 0 Å². The summed E-state index contributed by atoms with van der Waals surface area (Å²) in [5.74, 6) is 1.30. The molecule has 20 heavy (non-hydrogen) atoms. The topological polar surface area (TPSA) is 58.2 Å². The first-order chi connectivity index (χ1) is 9.51. The van der Waals surface area contributed by atoms with Gasteiger partial charge in [-0.3, -0.25) is 0 Å². The molecule has 0 saturated heterocycles. The highest BCUT2D eigenvalue weighted by molar-refractivity contribution is 7.89. The molecule has 0 aromatic carbocycles. The van der Waals surface area contributed by atoms with Gasteiger partial charge in [-0.2, -0.15) is 0 Å². The minimum atomic E-state index is -3.39. The molecular formula is C14H22N2O2S2. The fourth-order valence-corrected chi connectivity index (χ4v) is 6.92. The van der Waals surface area contributed by atoms with Crippen molar-refractivity contribution in [3.8, 4) is 0 Å². The molecule has 6 heteroatoms. The monoisotopic (exact) mass is 314 g/mol. The first-order valence-corrected chi connectivity index (χ1v) is 9.61. The molecule has 2 aliphatic carbocycles. The Labute approximate surface area is 125 Å². The smallest absolute Gasteiger partial charge is 0.242 e. The summed E-state index contributed by atoms with van der Waals surface area (Å²) in [4.78, 5) is 1.40. The SMILES string of the molecule is CNCc1scc(C)c1S(=O)(=O)NC1CC2CCC1C2. The molecule has 0 aliphatic heterocycles. The van der Waals surface area contributed by atoms with Crippen molar-refractivity contribution in [3.05, 3.63) is 15.8 Å². The van der Waals surface area contributed by atoms with E-state index in [0.717, 1.165) is 22.8 Å². The lowest BCUT2D eigenvalue weighted by atomic mass is 9.96. The van der Waals surface area contributed by atoms with Crippen molar-refractivity contribution >= 4 is 21.4 Å². The molecule has 2 fully saturated rings. The third-order valence-electron chi connectivity index (χ3n) is 4.64. The minimum Gasteiger partial charge on any atom is -0.315 e. The van der Waals surface area contributed by atoms with Gasteiger partial charge in [-0.05, 0) is 56.0 Å². The van der Waals surface area contributed by atoms with E-state index >= 15 is 0 Å². The number of hydrogen-bond donors (Lipinski definition) is 2. The van der Waals surface area contributed by atoms with Gasteiger partial charge in [0.15, 0.2) is 0 Å². The van der Waals surface area contributed by atoms with Gasteiger partial charge in [0.25, 0.3) is 0 Å². The maximum Gasteiger partial charge on any atom is 0.242 e. The van der Waals surface area contributed by atoms with E-state index < -0.39 is 10.0 Å². The van der Waals surface area contributed by atoms with Crippen molar-refractivity contribution in [2.75, 3.05) is 7.05 Å². The number of aryl methyl sites for hydroxylation is 1. The number of fused-ring (bicyclic) bond motifs is 2. The molecule has 0 amide bonds. The molecule has 1 heterocycles. The third-order valence-corrected chi connectivity index (χ3v) is 7.59. The molecule has 1 aromatic heterocycles. The summed E-state index contributed by atoms with van der Waals surface area (Å²) < 4.78 is 28.4. The normalized spacial score (nSPS) is 29.2. The summed E-state index contributed by atoms with van der Waals surface area (Å²) in [6.45, 7) is 2.48. The average Bonchev–Trinajstić information content (AvgIpc) is 3.05. The van der Waals surface area contributed by atoms with Gasteiger partial charge < -0.3 is 5.32 Å². The van der Waals surface area contributed by atoms with Crippen LogP contribution in [0.15, 0.2) is 10.3 Å². The molecule has 2 N–H and O–H groups in total. The second-order valence-electron chi connectivity index (χ2n) is 6.10. The third kappa shape index (κ3) is 2.54. The van der Waals surface area contributed by atoms with Crippen LogP contribution >= 0.6 is 11.3 Å². The molecule has 0 radical (unpaired) electrons. The van der Waals surface area contributed by atoms with Gasteiger partial charge in [0.1, 0.15) is 4.90 Å². The lowest BCUT2D eigenvalue weighted by molar-refractivity contribution is 0.390. The van der Waals surface area contributed by atoms with E-state index in [0.29, 0.717) is 17.4 Å². The van der Waals surface area contributed by atoms with Crippen LogP contribution in [0.4, 0.5) is 0 Å². The lowest BCUT2D eigenvalue weighted by Gasteiger charge is -2.23. The van der Waals surface area contributed by atoms with Crippen molar-refractivity contribution in [1.29, 1.82) is 0 Å². The van der Waals surface area contributed by atoms with Gasteiger partial charge in [-0.15, -0.1) is 11.3 Å². The molecule has 112 valence electrons. The van der Waals surface area contributed by atoms with Gasteiger partial charge in [0.2, 0.25) is 10.0 Å². The zero-order chi connectivity index (χ0) is 14.3. The van der Waals surface area contributed by atoms with E-state index in [4.69, 9.17) is 0 Å². The highest BCUT2D eigenvalue weighted by Gasteiger charge is 2.41. The number of thiophene rings is 1. The Kier molecular flexibility index (Phi) is 3.92. The minimum absolute atomic E-state index is 0.153. The molecule has 2 saturated carbocycles. The van der Waals surface area contributed by atoms with Crippen LogP contribution < -0.4 is 10.0 Å². The van der Waals surface area contributed by atoms with Crippen LogP contribution in [0.1, 0.15) is 36.1 Å². The first kappa shape index (κ1) is 14.5. The Balaban J connectivity index is 1.83. The molecule has 3 unspecified atom stereocenters. The highest BCUT2D eigenvalue weighted by atomic mass is 32.2. The molecular weight excluding hydrogens is 292 g/mol. The Hall–Kier alpha value is -0.430. The Morgan fingerprint density at radius 2 is 2.15 bits per heavy atom. The Morgan fingerprint density at radius 3 is 2.75 bits per heavy atom. The average molecular weight is 314 g/mol. The molecule has 2 bridgehead atoms. The van der Waals surface area contributed by atoms with Crippen molar-refractivity contribution in [1.82, 2.24) is 10.0 Å². The van der Waals surface area contributed by atoms with Gasteiger partial charge in [-0.25, -0.2) is 13.1 Å². The van der Waals surface area contributed by atoms with Gasteiger partial charge in [0, 0.05) is 17.5 Å². The zero-order valence-electron chi connectivity index (χ0n) is 12.0. The van der Waals surface area contributed by atoms with Crippen LogP contribution in [0.3, 0.4) is 0 Å². The Morgan fingerprint density at radius 1 is 1.35 bits per heavy atom. The predicted molar refractivity (Wildman–Crippen MR) is 81.4 cm³/mol. The summed E-state index contributed by atoms with van der Waals surface area (Å²) in [6.07, 6.45) is 4.70. The Bertz CT molecular complexity index is 594. The number of hydrogen-bond acceptors (Lipinski definition) is 4. The van der Waals surface area contributed by atoms with E-state index in [1.165, 1.54) is 30.6 Å². The quantitative estimate of drug-likeness (QED) is 0.876. The highest BCUT2D eigenvalue weighted by Crippen LogP contribution is 2.45. The van der Waals surface area contributed by atoms with E-state index in [9.17, 15) is 8.42 Å². The van der Waals surface area contributed by atoms with Crippen LogP contribution in [0, 0.1) is 18.8 Å². The van der Waals surface area contributed by atoms with Crippen molar-refractivity contribution in [3.63, 3.8) is 0 Å². The van der Waals surface area contributed by atoms with Crippen LogP contribution in [0.5, 0.6) is 0 Å². The molecule has 3 rings (SSSR count). The lowest BCUT2D eigenvalue weighted by Crippen LogP contribution is -2.38. The molecule has 1 aromatic rings. The maximum absolute atomic E-state index is 12.7. The van der Waals surface area contributed by atoms with Gasteiger partial charge >= 0.3 is 0 Å². The zero-order valence-corrected chi connectivity index (χ0v) is 13.6. The van der Waals surface area contributed by atoms with E-state index in [2.05, 4.69) is 10.0 Å². The number of sulfonamides is 1. The molecule has 2 aliphatic rings. The fourth-order valence-electron chi connectivity index (χ4n) is 3.78. The number of rotatable bonds is 5. The van der Waals surface area contributed by atoms with Crippen molar-refractivity contribution in [2.45, 2.75) is 50.1 Å². The summed E-state index contributed by atoms with van der Waals surface area (Å²) in [5.41, 5.74) is 0.857. The standard InChI is InChI=1S/C14H22N2O2S2/c1-9-8-19-13(7-15-2)14(9)20(17,18)16-12-6-10-3-4-11(12)5-10/h8,10-12,15-16H,3-7H2,1-2H3. The summed E-state index contributed by atoms with van der Waals surface area (Å²) in [7, 11) is -1.54. The van der Waals surface area contributed by atoms with Crippen LogP contribution in [0.25, 0.3) is 0 Å². The predicted octanol–water partition coefficient (Wildman–Crippen LogP) is 2.24. The largest absolute Gasteiger partial charge is 0.315 e. The van der Waals surface area contributed by atoms with Crippen LogP contribution in [-0.2, 0) is 16.6 Å². The van der Waals surface area contributed by atoms with E-state index in [1.54, 1.807) is 0 Å². The van der Waals surface area contributed by atoms with Gasteiger partial charge in [0.05, 0.1) is 0 Å². The summed E-state index contributed by atoms with van der Waals surface area (Å²) >= 11 is 1.52. The maximum atomic E-state index is 12.7. The van der Waals surface area contributed by atoms with E-state index in [-0.39, 0.29) is 6.04 Å². The summed E-state index contributed by atoms with van der Waals surface area (Å²) in [5, 5.41) is 4.98. The second-order valence-corrected chi connectivity index (χ2v) is 8.72. The first-order valence-electron chi connectivity index (χ1n) is 7.25. The van der Waals surface area contributed by atoms with E-state index in [1.807, 2.05) is 19.4 Å². The van der Waals surface area contributed by atoms with Crippen molar-refractivity contribution < 1.29 is 8.42 Å². The molecule has 0 spiro atoms. The molecule has 3 atom stereocenters. The molecule has 4 nitrogen and oxygen atoms in total. The number of nitrogens with one attached hydrogen (secondary N) is 2. The second kappa shape index (κ2) is 5.40. The van der Waals surface area contributed by atoms with Crippen molar-refractivity contribution in [2.24, 2.45) is 11.8 Å². The summed E-state index contributed by atoms with van der Waals surface area (Å²) in [6, 6.07) is 0.153. The van der Waals surface area contributed by atoms with Gasteiger partial charge in [-0.1, -0.05) is 6.42 Å². The van der Waals surface area contributed by atoms with Crippen LogP contribution in [-0.4, -0.2) is 21.5 Å². The fraction of sp³-hybridized carbons (Fsp3) is 0.714.